The second-order valence-electron chi connectivity index (χ2n) is 5.86. The van der Waals surface area contributed by atoms with Crippen LogP contribution in [0.25, 0.3) is 0 Å². The molecule has 1 saturated heterocycles. The number of nitrogens with zero attached hydrogens (tertiary/aromatic N) is 1. The lowest BCUT2D eigenvalue weighted by Gasteiger charge is -2.49. The highest BCUT2D eigenvalue weighted by atomic mass is 32.2. The Morgan fingerprint density at radius 1 is 1.44 bits per heavy atom. The number of rotatable bonds is 6. The number of nitrogens with one attached hydrogen (secondary N) is 1. The van der Waals surface area contributed by atoms with E-state index in [9.17, 15) is 28.7 Å². The lowest BCUT2D eigenvalue weighted by Crippen LogP contribution is -2.70. The van der Waals surface area contributed by atoms with E-state index in [1.54, 1.807) is 0 Å². The topological polar surface area (TPSA) is 113 Å². The van der Waals surface area contributed by atoms with Crippen molar-refractivity contribution in [3.8, 4) is 0 Å². The van der Waals surface area contributed by atoms with Crippen LogP contribution in [-0.4, -0.2) is 57.5 Å². The molecule has 0 unspecified atom stereocenters. The van der Waals surface area contributed by atoms with E-state index in [0.717, 1.165) is 16.2 Å². The van der Waals surface area contributed by atoms with Crippen molar-refractivity contribution in [2.24, 2.45) is 0 Å². The van der Waals surface area contributed by atoms with Gasteiger partial charge in [0.2, 0.25) is 5.91 Å². The van der Waals surface area contributed by atoms with Crippen LogP contribution >= 0.6 is 23.1 Å². The third-order valence-corrected chi connectivity index (χ3v) is 6.26. The van der Waals surface area contributed by atoms with E-state index in [1.165, 1.54) is 30.1 Å². The van der Waals surface area contributed by atoms with Gasteiger partial charge in [0.05, 0.1) is 6.42 Å². The molecule has 3 rings (SSSR count). The van der Waals surface area contributed by atoms with Crippen molar-refractivity contribution < 1.29 is 33.4 Å². The second-order valence-corrected chi connectivity index (χ2v) is 7.97. The van der Waals surface area contributed by atoms with Crippen LogP contribution in [-0.2, 0) is 30.3 Å². The molecule has 8 nitrogen and oxygen atoms in total. The Labute approximate surface area is 161 Å². The number of fused-ring (bicyclic) bond motifs is 1. The Balaban J connectivity index is 1.69. The molecule has 2 amide bonds. The van der Waals surface area contributed by atoms with Crippen molar-refractivity contribution in [1.82, 2.24) is 10.2 Å². The number of carbonyl (C=O) groups is 4. The first-order valence-corrected chi connectivity index (χ1v) is 9.77. The first kappa shape index (κ1) is 19.4. The zero-order chi connectivity index (χ0) is 19.7. The van der Waals surface area contributed by atoms with Crippen LogP contribution in [0.3, 0.4) is 0 Å². The molecule has 0 aliphatic carbocycles. The second kappa shape index (κ2) is 7.69. The SMILES string of the molecule is CC(=O)OCC1=C(C(=O)O)N2C(=O)[C@@H](NC(=O)Cc3sccc3F)[C@H]2SC1. The molecule has 11 heteroatoms. The number of thioether (sulfide) groups is 1. The van der Waals surface area contributed by atoms with Gasteiger partial charge in [-0.3, -0.25) is 19.3 Å². The Kier molecular flexibility index (Phi) is 5.51. The summed E-state index contributed by atoms with van der Waals surface area (Å²) < 4.78 is 18.3. The molecule has 0 spiro atoms. The molecule has 2 aliphatic heterocycles. The molecular formula is C16H15FN2O6S2. The van der Waals surface area contributed by atoms with Crippen LogP contribution in [0.4, 0.5) is 4.39 Å². The lowest BCUT2D eigenvalue weighted by atomic mass is 10.0. The molecule has 2 atom stereocenters. The zero-order valence-corrected chi connectivity index (χ0v) is 15.7. The molecule has 0 radical (unpaired) electrons. The van der Waals surface area contributed by atoms with Crippen LogP contribution in [0, 0.1) is 5.82 Å². The molecule has 2 aliphatic rings. The number of β-lactam (4-membered cyclic amide) rings is 1. The summed E-state index contributed by atoms with van der Waals surface area (Å²) in [5, 5.41) is 13.0. The maximum Gasteiger partial charge on any atom is 0.352 e. The Morgan fingerprint density at radius 2 is 2.19 bits per heavy atom. The highest BCUT2D eigenvalue weighted by Crippen LogP contribution is 2.40. The van der Waals surface area contributed by atoms with E-state index < -0.39 is 41.0 Å². The predicted molar refractivity (Wildman–Crippen MR) is 94.3 cm³/mol. The molecule has 1 fully saturated rings. The fourth-order valence-electron chi connectivity index (χ4n) is 2.80. The average molecular weight is 414 g/mol. The normalized spacial score (nSPS) is 21.4. The summed E-state index contributed by atoms with van der Waals surface area (Å²) in [7, 11) is 0. The summed E-state index contributed by atoms with van der Waals surface area (Å²) in [6.07, 6.45) is -0.190. The molecule has 3 heterocycles. The van der Waals surface area contributed by atoms with E-state index in [0.29, 0.717) is 5.57 Å². The van der Waals surface area contributed by atoms with Crippen LogP contribution < -0.4 is 5.32 Å². The van der Waals surface area contributed by atoms with Crippen LogP contribution in [0.2, 0.25) is 0 Å². The van der Waals surface area contributed by atoms with E-state index in [4.69, 9.17) is 4.74 Å². The summed E-state index contributed by atoms with van der Waals surface area (Å²) in [6, 6.07) is 0.380. The number of carboxylic acids is 1. The number of ether oxygens (including phenoxy) is 1. The van der Waals surface area contributed by atoms with E-state index in [2.05, 4.69) is 5.32 Å². The Morgan fingerprint density at radius 3 is 2.78 bits per heavy atom. The minimum Gasteiger partial charge on any atom is -0.477 e. The lowest BCUT2D eigenvalue weighted by molar-refractivity contribution is -0.151. The summed E-state index contributed by atoms with van der Waals surface area (Å²) in [6.45, 7) is 0.992. The van der Waals surface area contributed by atoms with Gasteiger partial charge in [0.15, 0.2) is 0 Å². The maximum absolute atomic E-state index is 13.4. The van der Waals surface area contributed by atoms with Gasteiger partial charge in [0.25, 0.3) is 5.91 Å². The first-order chi connectivity index (χ1) is 12.8. The van der Waals surface area contributed by atoms with E-state index in [-0.39, 0.29) is 29.4 Å². The van der Waals surface area contributed by atoms with Gasteiger partial charge in [-0.05, 0) is 11.4 Å². The highest BCUT2D eigenvalue weighted by molar-refractivity contribution is 8.00. The number of carbonyl (C=O) groups excluding carboxylic acids is 3. The summed E-state index contributed by atoms with van der Waals surface area (Å²) in [5.41, 5.74) is 0.0949. The van der Waals surface area contributed by atoms with Crippen molar-refractivity contribution in [2.45, 2.75) is 24.8 Å². The number of amides is 2. The summed E-state index contributed by atoms with van der Waals surface area (Å²) in [4.78, 5) is 48.4. The predicted octanol–water partition coefficient (Wildman–Crippen LogP) is 0.731. The third kappa shape index (κ3) is 3.83. The van der Waals surface area contributed by atoms with Crippen LogP contribution in [0.5, 0.6) is 0 Å². The number of carboxylic acid groups (broad SMARTS) is 1. The first-order valence-electron chi connectivity index (χ1n) is 7.84. The van der Waals surface area contributed by atoms with E-state index >= 15 is 0 Å². The van der Waals surface area contributed by atoms with Gasteiger partial charge in [-0.2, -0.15) is 0 Å². The number of halogens is 1. The number of hydrogen-bond acceptors (Lipinski definition) is 7. The minimum absolute atomic E-state index is 0.190. The smallest absolute Gasteiger partial charge is 0.352 e. The van der Waals surface area contributed by atoms with E-state index in [1.807, 2.05) is 0 Å². The molecular weight excluding hydrogens is 399 g/mol. The molecule has 1 aromatic rings. The fraction of sp³-hybridized carbons (Fsp3) is 0.375. The monoisotopic (exact) mass is 414 g/mol. The zero-order valence-electron chi connectivity index (χ0n) is 14.1. The standard InChI is InChI=1S/C16H15FN2O6S2/c1-7(20)25-5-8-6-27-15-12(14(22)19(15)13(8)16(23)24)18-11(21)4-10-9(17)2-3-26-10/h2-3,12,15H,4-6H2,1H3,(H,18,21)(H,23,24)/t12-,15-/m1/s1. The van der Waals surface area contributed by atoms with Gasteiger partial charge < -0.3 is 15.2 Å². The Hall–Kier alpha value is -2.40. The molecule has 144 valence electrons. The quantitative estimate of drug-likeness (QED) is 0.521. The molecule has 0 bridgehead atoms. The van der Waals surface area contributed by atoms with Gasteiger partial charge in [-0.25, -0.2) is 9.18 Å². The number of esters is 1. The Bertz CT molecular complexity index is 852. The molecule has 27 heavy (non-hydrogen) atoms. The fourth-order valence-corrected chi connectivity index (χ4v) is 4.88. The van der Waals surface area contributed by atoms with Crippen molar-refractivity contribution in [3.63, 3.8) is 0 Å². The molecule has 1 aromatic heterocycles. The van der Waals surface area contributed by atoms with Crippen LogP contribution in [0.15, 0.2) is 22.7 Å². The molecule has 0 saturated carbocycles. The van der Waals surface area contributed by atoms with Crippen LogP contribution in [0.1, 0.15) is 11.8 Å². The number of hydrogen-bond donors (Lipinski definition) is 2. The van der Waals surface area contributed by atoms with Gasteiger partial charge in [-0.1, -0.05) is 0 Å². The van der Waals surface area contributed by atoms with Gasteiger partial charge >= 0.3 is 11.9 Å². The van der Waals surface area contributed by atoms with Crippen molar-refractivity contribution in [3.05, 3.63) is 33.4 Å². The highest BCUT2D eigenvalue weighted by Gasteiger charge is 2.54. The third-order valence-electron chi connectivity index (χ3n) is 4.03. The largest absolute Gasteiger partial charge is 0.477 e. The number of aliphatic carboxylic acids is 1. The van der Waals surface area contributed by atoms with Gasteiger partial charge in [-0.15, -0.1) is 23.1 Å². The average Bonchev–Trinajstić information content (AvgIpc) is 3.01. The maximum atomic E-state index is 13.4. The molecule has 0 aromatic carbocycles. The summed E-state index contributed by atoms with van der Waals surface area (Å²) in [5.74, 6) is -3.17. The minimum atomic E-state index is -1.30. The van der Waals surface area contributed by atoms with Crippen molar-refractivity contribution in [1.29, 1.82) is 0 Å². The summed E-state index contributed by atoms with van der Waals surface area (Å²) >= 11 is 2.37. The number of thiophene rings is 1. The van der Waals surface area contributed by atoms with Crippen molar-refractivity contribution >= 4 is 46.9 Å². The van der Waals surface area contributed by atoms with Crippen molar-refractivity contribution in [2.75, 3.05) is 12.4 Å². The van der Waals surface area contributed by atoms with Gasteiger partial charge in [0, 0.05) is 23.1 Å². The van der Waals surface area contributed by atoms with Gasteiger partial charge in [0.1, 0.15) is 29.5 Å². The molecule has 2 N–H and O–H groups in total.